The zero-order chi connectivity index (χ0) is 8.48. The minimum Gasteiger partial charge on any atom is -0.388 e. The average molecular weight is 156 g/mol. The van der Waals surface area contributed by atoms with Gasteiger partial charge in [0.25, 0.3) is 0 Å². The fourth-order valence-electron chi connectivity index (χ4n) is 1.31. The highest BCUT2D eigenvalue weighted by atomic mass is 16.3. The monoisotopic (exact) mass is 156 g/mol. The van der Waals surface area contributed by atoms with Gasteiger partial charge in [-0.2, -0.15) is 0 Å². The summed E-state index contributed by atoms with van der Waals surface area (Å²) in [6, 6.07) is 0. The van der Waals surface area contributed by atoms with Crippen LogP contribution >= 0.6 is 0 Å². The Bertz CT molecular complexity index is 207. The molecule has 1 aliphatic carbocycles. The molecule has 0 bridgehead atoms. The van der Waals surface area contributed by atoms with Crippen LogP contribution in [0.4, 0.5) is 0 Å². The predicted molar refractivity (Wildman–Crippen MR) is 40.0 cm³/mol. The van der Waals surface area contributed by atoms with Crippen LogP contribution < -0.4 is 0 Å². The number of carbonyl (C=O) groups is 1. The first kappa shape index (κ1) is 8.43. The van der Waals surface area contributed by atoms with E-state index in [2.05, 4.69) is 0 Å². The molecule has 1 unspecified atom stereocenters. The van der Waals surface area contributed by atoms with Gasteiger partial charge in [0.1, 0.15) is 12.2 Å². The summed E-state index contributed by atoms with van der Waals surface area (Å²) < 4.78 is 0. The third-order valence-corrected chi connectivity index (χ3v) is 2.02. The van der Waals surface area contributed by atoms with Crippen LogP contribution in [-0.2, 0) is 4.79 Å². The summed E-state index contributed by atoms with van der Waals surface area (Å²) in [6.45, 7) is 1.29. The third kappa shape index (κ3) is 1.49. The molecule has 0 radical (unpaired) electrons. The Balaban J connectivity index is 2.66. The summed E-state index contributed by atoms with van der Waals surface area (Å²) in [5.41, 5.74) is -0.298. The first-order chi connectivity index (χ1) is 5.08. The van der Waals surface area contributed by atoms with Gasteiger partial charge in [-0.1, -0.05) is 11.6 Å². The summed E-state index contributed by atoms with van der Waals surface area (Å²) in [5.74, 6) is -0.481. The molecule has 0 aromatic rings. The maximum absolute atomic E-state index is 10.9. The second kappa shape index (κ2) is 2.75. The van der Waals surface area contributed by atoms with E-state index in [1.165, 1.54) is 0 Å². The zero-order valence-electron chi connectivity index (χ0n) is 6.50. The topological polar surface area (TPSA) is 57.5 Å². The molecule has 0 amide bonds. The molecular formula is C8H12O3. The highest BCUT2D eigenvalue weighted by Crippen LogP contribution is 2.29. The van der Waals surface area contributed by atoms with Gasteiger partial charge in [-0.25, -0.2) is 0 Å². The summed E-state index contributed by atoms with van der Waals surface area (Å²) in [5, 5.41) is 18.1. The van der Waals surface area contributed by atoms with Crippen molar-refractivity contribution in [3.05, 3.63) is 11.6 Å². The summed E-state index contributed by atoms with van der Waals surface area (Å²) in [4.78, 5) is 10.9. The van der Waals surface area contributed by atoms with Crippen molar-refractivity contribution < 1.29 is 15.0 Å². The van der Waals surface area contributed by atoms with Gasteiger partial charge in [-0.05, 0) is 6.92 Å². The minimum absolute atomic E-state index is 0.345. The first-order valence-corrected chi connectivity index (χ1v) is 3.61. The number of rotatable bonds is 2. The zero-order valence-corrected chi connectivity index (χ0v) is 6.50. The summed E-state index contributed by atoms with van der Waals surface area (Å²) in [7, 11) is 0. The van der Waals surface area contributed by atoms with E-state index >= 15 is 0 Å². The molecular weight excluding hydrogens is 144 g/mol. The van der Waals surface area contributed by atoms with Crippen molar-refractivity contribution in [1.82, 2.24) is 0 Å². The fraction of sp³-hybridized carbons (Fsp3) is 0.625. The number of ketones is 1. The molecule has 0 spiro atoms. The molecule has 0 aromatic carbocycles. The van der Waals surface area contributed by atoms with Gasteiger partial charge in [0, 0.05) is 12.8 Å². The number of aliphatic hydroxyl groups excluding tert-OH is 1. The highest BCUT2D eigenvalue weighted by molar-refractivity contribution is 5.89. The van der Waals surface area contributed by atoms with Crippen molar-refractivity contribution in [3.63, 3.8) is 0 Å². The fourth-order valence-corrected chi connectivity index (χ4v) is 1.31. The molecule has 0 saturated heterocycles. The Morgan fingerprint density at radius 3 is 2.82 bits per heavy atom. The van der Waals surface area contributed by atoms with E-state index in [1.54, 1.807) is 0 Å². The molecule has 0 aliphatic heterocycles. The number of aliphatic hydroxyl groups is 2. The molecule has 1 atom stereocenters. The Morgan fingerprint density at radius 2 is 2.45 bits per heavy atom. The maximum Gasteiger partial charge on any atom is 0.190 e. The lowest BCUT2D eigenvalue weighted by molar-refractivity contribution is -0.139. The van der Waals surface area contributed by atoms with Crippen molar-refractivity contribution in [3.8, 4) is 0 Å². The van der Waals surface area contributed by atoms with Crippen LogP contribution in [0.3, 0.4) is 0 Å². The van der Waals surface area contributed by atoms with Crippen molar-refractivity contribution in [1.29, 1.82) is 0 Å². The molecule has 0 saturated carbocycles. The summed E-state index contributed by atoms with van der Waals surface area (Å²) >= 11 is 0. The third-order valence-electron chi connectivity index (χ3n) is 2.02. The van der Waals surface area contributed by atoms with Crippen molar-refractivity contribution in [2.24, 2.45) is 0 Å². The minimum atomic E-state index is -1.31. The van der Waals surface area contributed by atoms with Crippen LogP contribution in [0.5, 0.6) is 0 Å². The van der Waals surface area contributed by atoms with Crippen molar-refractivity contribution >= 4 is 5.78 Å². The largest absolute Gasteiger partial charge is 0.388 e. The lowest BCUT2D eigenvalue weighted by atomic mass is 9.95. The molecule has 0 heterocycles. The van der Waals surface area contributed by atoms with Crippen LogP contribution in [0.25, 0.3) is 0 Å². The van der Waals surface area contributed by atoms with E-state index in [1.807, 2.05) is 13.0 Å². The van der Waals surface area contributed by atoms with Gasteiger partial charge in [0.2, 0.25) is 0 Å². The van der Waals surface area contributed by atoms with Gasteiger partial charge < -0.3 is 10.2 Å². The van der Waals surface area contributed by atoms with Gasteiger partial charge in [-0.3, -0.25) is 4.79 Å². The number of Topliss-reactive ketones (excluding diaryl/α,β-unsaturated/α-hetero) is 1. The number of hydrogen-bond acceptors (Lipinski definition) is 3. The maximum atomic E-state index is 10.9. The Hall–Kier alpha value is -0.670. The molecule has 3 nitrogen and oxygen atoms in total. The highest BCUT2D eigenvalue weighted by Gasteiger charge is 2.37. The standard InChI is InChI=1S/C8H12O3/c1-6-2-3-8(11,4-6)7(10)5-9/h2,9,11H,3-5H2,1H3. The van der Waals surface area contributed by atoms with Crippen molar-refractivity contribution in [2.75, 3.05) is 6.61 Å². The first-order valence-electron chi connectivity index (χ1n) is 3.61. The molecule has 11 heavy (non-hydrogen) atoms. The average Bonchev–Trinajstić information content (AvgIpc) is 2.31. The molecule has 0 aromatic heterocycles. The van der Waals surface area contributed by atoms with E-state index < -0.39 is 18.0 Å². The molecule has 2 N–H and O–H groups in total. The van der Waals surface area contributed by atoms with E-state index in [4.69, 9.17) is 5.11 Å². The molecule has 1 rings (SSSR count). The Kier molecular flexibility index (Phi) is 2.11. The van der Waals surface area contributed by atoms with Gasteiger partial charge in [0.05, 0.1) is 0 Å². The van der Waals surface area contributed by atoms with Crippen LogP contribution in [-0.4, -0.2) is 28.2 Å². The lowest BCUT2D eigenvalue weighted by Crippen LogP contribution is -2.38. The van der Waals surface area contributed by atoms with E-state index in [9.17, 15) is 9.90 Å². The van der Waals surface area contributed by atoms with E-state index in [0.29, 0.717) is 12.8 Å². The SMILES string of the molecule is CC1=CCC(O)(C(=O)CO)C1. The van der Waals surface area contributed by atoms with Gasteiger partial charge >= 0.3 is 0 Å². The van der Waals surface area contributed by atoms with Gasteiger partial charge in [0.15, 0.2) is 5.78 Å². The second-order valence-electron chi connectivity index (χ2n) is 3.04. The van der Waals surface area contributed by atoms with Crippen LogP contribution in [0.1, 0.15) is 19.8 Å². The van der Waals surface area contributed by atoms with Crippen LogP contribution in [0.2, 0.25) is 0 Å². The lowest BCUT2D eigenvalue weighted by Gasteiger charge is -2.19. The van der Waals surface area contributed by atoms with E-state index in [-0.39, 0.29) is 0 Å². The Labute approximate surface area is 65.3 Å². The van der Waals surface area contributed by atoms with Crippen LogP contribution in [0.15, 0.2) is 11.6 Å². The molecule has 0 fully saturated rings. The van der Waals surface area contributed by atoms with Gasteiger partial charge in [-0.15, -0.1) is 0 Å². The van der Waals surface area contributed by atoms with E-state index in [0.717, 1.165) is 5.57 Å². The summed E-state index contributed by atoms with van der Waals surface area (Å²) in [6.07, 6.45) is 2.54. The Morgan fingerprint density at radius 1 is 1.82 bits per heavy atom. The molecule has 3 heteroatoms. The van der Waals surface area contributed by atoms with Crippen molar-refractivity contribution in [2.45, 2.75) is 25.4 Å². The number of carbonyl (C=O) groups excluding carboxylic acids is 1. The molecule has 1 aliphatic rings. The predicted octanol–water partition coefficient (Wildman–Crippen LogP) is 0.0190. The second-order valence-corrected chi connectivity index (χ2v) is 3.04. The normalized spacial score (nSPS) is 30.3. The van der Waals surface area contributed by atoms with Crippen LogP contribution in [0, 0.1) is 0 Å². The quantitative estimate of drug-likeness (QED) is 0.554. The molecule has 62 valence electrons. The smallest absolute Gasteiger partial charge is 0.190 e. The number of hydrogen-bond donors (Lipinski definition) is 2.